The first-order valence-electron chi connectivity index (χ1n) is 7.25. The minimum absolute atomic E-state index is 0.251. The molecular weight excluding hydrogens is 347 g/mol. The number of para-hydroxylation sites is 2. The van der Waals surface area contributed by atoms with Crippen molar-refractivity contribution in [1.29, 1.82) is 0 Å². The fourth-order valence-corrected chi connectivity index (χ4v) is 3.21. The van der Waals surface area contributed by atoms with Crippen LogP contribution in [-0.2, 0) is 0 Å². The zero-order valence-corrected chi connectivity index (χ0v) is 13.6. The number of rotatable bonds is 3. The number of amides is 1. The average Bonchev–Trinajstić information content (AvgIpc) is 3.01. The molecule has 3 nitrogen and oxygen atoms in total. The van der Waals surface area contributed by atoms with Crippen LogP contribution in [0.3, 0.4) is 0 Å². The van der Waals surface area contributed by atoms with Gasteiger partial charge in [-0.3, -0.25) is 4.79 Å². The molecule has 1 saturated heterocycles. The molecule has 1 aliphatic rings. The van der Waals surface area contributed by atoms with Crippen LogP contribution in [0.25, 0.3) is 0 Å². The highest BCUT2D eigenvalue weighted by atomic mass is 79.9. The number of hydrogen-bond donors (Lipinski definition) is 1. The predicted octanol–water partition coefficient (Wildman–Crippen LogP) is 4.44. The summed E-state index contributed by atoms with van der Waals surface area (Å²) >= 11 is 3.23. The maximum atomic E-state index is 13.1. The van der Waals surface area contributed by atoms with Crippen molar-refractivity contribution in [2.45, 2.75) is 12.8 Å². The molecule has 0 aliphatic carbocycles. The second kappa shape index (κ2) is 6.48. The number of carbonyl (C=O) groups excluding carboxylic acids is 1. The molecular formula is C17H16BrFN2O. The molecule has 0 spiro atoms. The van der Waals surface area contributed by atoms with Crippen molar-refractivity contribution >= 4 is 33.2 Å². The smallest absolute Gasteiger partial charge is 0.256 e. The van der Waals surface area contributed by atoms with E-state index in [0.717, 1.165) is 24.5 Å². The second-order valence-corrected chi connectivity index (χ2v) is 6.14. The SMILES string of the molecule is O=C(Nc1ccccc1N1CCCC1)c1ccc(F)cc1Br. The van der Waals surface area contributed by atoms with E-state index >= 15 is 0 Å². The molecule has 2 aromatic rings. The molecule has 1 N–H and O–H groups in total. The highest BCUT2D eigenvalue weighted by molar-refractivity contribution is 9.10. The Balaban J connectivity index is 1.85. The molecule has 114 valence electrons. The standard InChI is InChI=1S/C17H16BrFN2O/c18-14-11-12(19)7-8-13(14)17(22)20-15-5-1-2-6-16(15)21-9-3-4-10-21/h1-2,5-8,11H,3-4,9-10H2,(H,20,22). The number of carbonyl (C=O) groups is 1. The topological polar surface area (TPSA) is 32.3 Å². The van der Waals surface area contributed by atoms with Gasteiger partial charge in [0.05, 0.1) is 16.9 Å². The lowest BCUT2D eigenvalue weighted by Crippen LogP contribution is -2.21. The number of benzene rings is 2. The Morgan fingerprint density at radius 2 is 1.86 bits per heavy atom. The first-order valence-corrected chi connectivity index (χ1v) is 8.05. The van der Waals surface area contributed by atoms with Crippen LogP contribution in [0.2, 0.25) is 0 Å². The average molecular weight is 363 g/mol. The van der Waals surface area contributed by atoms with Crippen molar-refractivity contribution in [1.82, 2.24) is 0 Å². The van der Waals surface area contributed by atoms with E-state index in [4.69, 9.17) is 0 Å². The Hall–Kier alpha value is -1.88. The van der Waals surface area contributed by atoms with E-state index in [2.05, 4.69) is 26.1 Å². The summed E-state index contributed by atoms with van der Waals surface area (Å²) < 4.78 is 13.6. The van der Waals surface area contributed by atoms with Gasteiger partial charge in [0, 0.05) is 17.6 Å². The van der Waals surface area contributed by atoms with Crippen molar-refractivity contribution < 1.29 is 9.18 Å². The molecule has 5 heteroatoms. The van der Waals surface area contributed by atoms with Crippen molar-refractivity contribution in [2.75, 3.05) is 23.3 Å². The lowest BCUT2D eigenvalue weighted by molar-refractivity contribution is 0.102. The molecule has 1 fully saturated rings. The van der Waals surface area contributed by atoms with Crippen LogP contribution < -0.4 is 10.2 Å². The molecule has 1 amide bonds. The normalized spacial score (nSPS) is 14.2. The van der Waals surface area contributed by atoms with E-state index in [1.54, 1.807) is 0 Å². The van der Waals surface area contributed by atoms with Crippen molar-refractivity contribution in [2.24, 2.45) is 0 Å². The summed E-state index contributed by atoms with van der Waals surface area (Å²) in [5.74, 6) is -0.626. The maximum Gasteiger partial charge on any atom is 0.256 e. The van der Waals surface area contributed by atoms with Gasteiger partial charge < -0.3 is 10.2 Å². The van der Waals surface area contributed by atoms with Gasteiger partial charge in [-0.25, -0.2) is 4.39 Å². The highest BCUT2D eigenvalue weighted by Crippen LogP contribution is 2.29. The summed E-state index contributed by atoms with van der Waals surface area (Å²) in [6, 6.07) is 11.8. The first kappa shape index (κ1) is 15.0. The summed E-state index contributed by atoms with van der Waals surface area (Å²) in [5.41, 5.74) is 2.23. The fourth-order valence-electron chi connectivity index (χ4n) is 2.68. The molecule has 2 aromatic carbocycles. The van der Waals surface area contributed by atoms with E-state index in [9.17, 15) is 9.18 Å². The van der Waals surface area contributed by atoms with Gasteiger partial charge in [0.2, 0.25) is 0 Å². The Kier molecular flexibility index (Phi) is 4.43. The third-order valence-electron chi connectivity index (χ3n) is 3.77. The van der Waals surface area contributed by atoms with E-state index < -0.39 is 0 Å². The maximum absolute atomic E-state index is 13.1. The van der Waals surface area contributed by atoms with Gasteiger partial charge in [-0.2, -0.15) is 0 Å². The van der Waals surface area contributed by atoms with Crippen molar-refractivity contribution in [3.05, 3.63) is 58.3 Å². The van der Waals surface area contributed by atoms with Crippen LogP contribution in [0.1, 0.15) is 23.2 Å². The van der Waals surface area contributed by atoms with Crippen LogP contribution in [0.15, 0.2) is 46.9 Å². The Labute approximate surface area is 137 Å². The Morgan fingerprint density at radius 3 is 2.59 bits per heavy atom. The fraction of sp³-hybridized carbons (Fsp3) is 0.235. The van der Waals surface area contributed by atoms with Crippen LogP contribution >= 0.6 is 15.9 Å². The number of halogens is 2. The zero-order valence-electron chi connectivity index (χ0n) is 12.0. The lowest BCUT2D eigenvalue weighted by Gasteiger charge is -2.21. The van der Waals surface area contributed by atoms with Gasteiger partial charge in [0.15, 0.2) is 0 Å². The number of nitrogens with zero attached hydrogens (tertiary/aromatic N) is 1. The van der Waals surface area contributed by atoms with Crippen LogP contribution in [-0.4, -0.2) is 19.0 Å². The van der Waals surface area contributed by atoms with Gasteiger partial charge >= 0.3 is 0 Å². The molecule has 0 saturated carbocycles. The van der Waals surface area contributed by atoms with Crippen LogP contribution in [0.4, 0.5) is 15.8 Å². The first-order chi connectivity index (χ1) is 10.6. The molecule has 1 heterocycles. The van der Waals surface area contributed by atoms with Crippen LogP contribution in [0.5, 0.6) is 0 Å². The van der Waals surface area contributed by atoms with Crippen molar-refractivity contribution in [3.63, 3.8) is 0 Å². The third kappa shape index (κ3) is 3.14. The van der Waals surface area contributed by atoms with Crippen molar-refractivity contribution in [3.8, 4) is 0 Å². The number of anilines is 2. The molecule has 1 aliphatic heterocycles. The zero-order chi connectivity index (χ0) is 15.5. The summed E-state index contributed by atoms with van der Waals surface area (Å²) in [6.07, 6.45) is 2.34. The Bertz CT molecular complexity index is 699. The summed E-state index contributed by atoms with van der Waals surface area (Å²) in [5, 5.41) is 2.93. The lowest BCUT2D eigenvalue weighted by atomic mass is 10.2. The Morgan fingerprint density at radius 1 is 1.14 bits per heavy atom. The minimum atomic E-state index is -0.374. The van der Waals surface area contributed by atoms with E-state index in [1.807, 2.05) is 24.3 Å². The summed E-state index contributed by atoms with van der Waals surface area (Å²) in [4.78, 5) is 14.7. The van der Waals surface area contributed by atoms with Gasteiger partial charge in [-0.05, 0) is 59.1 Å². The number of nitrogens with one attached hydrogen (secondary N) is 1. The van der Waals surface area contributed by atoms with E-state index in [1.165, 1.54) is 31.0 Å². The van der Waals surface area contributed by atoms with Crippen LogP contribution in [0, 0.1) is 5.82 Å². The minimum Gasteiger partial charge on any atom is -0.370 e. The third-order valence-corrected chi connectivity index (χ3v) is 4.43. The molecule has 0 bridgehead atoms. The molecule has 0 atom stereocenters. The molecule has 0 aromatic heterocycles. The molecule has 0 radical (unpaired) electrons. The molecule has 3 rings (SSSR count). The largest absolute Gasteiger partial charge is 0.370 e. The van der Waals surface area contributed by atoms with E-state index in [-0.39, 0.29) is 11.7 Å². The van der Waals surface area contributed by atoms with Gasteiger partial charge in [0.25, 0.3) is 5.91 Å². The summed E-state index contributed by atoms with van der Waals surface area (Å²) in [7, 11) is 0. The molecule has 22 heavy (non-hydrogen) atoms. The highest BCUT2D eigenvalue weighted by Gasteiger charge is 2.18. The van der Waals surface area contributed by atoms with Gasteiger partial charge in [0.1, 0.15) is 5.82 Å². The second-order valence-electron chi connectivity index (χ2n) is 5.29. The number of hydrogen-bond acceptors (Lipinski definition) is 2. The quantitative estimate of drug-likeness (QED) is 0.875. The molecule has 0 unspecified atom stereocenters. The monoisotopic (exact) mass is 362 g/mol. The predicted molar refractivity (Wildman–Crippen MR) is 89.9 cm³/mol. The van der Waals surface area contributed by atoms with E-state index in [0.29, 0.717) is 10.0 Å². The summed E-state index contributed by atoms with van der Waals surface area (Å²) in [6.45, 7) is 2.01. The van der Waals surface area contributed by atoms with Gasteiger partial charge in [-0.15, -0.1) is 0 Å². The van der Waals surface area contributed by atoms with Gasteiger partial charge in [-0.1, -0.05) is 12.1 Å².